The Morgan fingerprint density at radius 2 is 1.76 bits per heavy atom. The smallest absolute Gasteiger partial charge is 0.362 e. The molecule has 204 valence electrons. The molecule has 1 heterocycles. The Labute approximate surface area is 217 Å². The maximum Gasteiger partial charge on any atom is 0.416 e. The zero-order valence-electron chi connectivity index (χ0n) is 20.9. The maximum atomic E-state index is 13.5. The lowest BCUT2D eigenvalue weighted by Gasteiger charge is -2.44. The van der Waals surface area contributed by atoms with Crippen LogP contribution in [0.4, 0.5) is 18.9 Å². The zero-order chi connectivity index (χ0) is 28.5. The van der Waals surface area contributed by atoms with Gasteiger partial charge in [0.05, 0.1) is 16.5 Å². The third-order valence-electron chi connectivity index (χ3n) is 6.24. The summed E-state index contributed by atoms with van der Waals surface area (Å²) in [4.78, 5) is 40.5. The highest BCUT2D eigenvalue weighted by Crippen LogP contribution is 2.37. The molecule has 2 aromatic carbocycles. The monoisotopic (exact) mass is 553 g/mol. The molecule has 0 saturated heterocycles. The molecule has 2 atom stereocenters. The van der Waals surface area contributed by atoms with Gasteiger partial charge in [-0.1, -0.05) is 18.2 Å². The van der Waals surface area contributed by atoms with E-state index in [1.807, 2.05) is 0 Å². The van der Waals surface area contributed by atoms with Gasteiger partial charge >= 0.3 is 6.18 Å². The number of ether oxygens (including phenoxy) is 1. The van der Waals surface area contributed by atoms with Crippen molar-refractivity contribution in [1.29, 1.82) is 0 Å². The SMILES string of the molecule is CNC(=O)C1(OC)C=C(C(=O)NCc2ccc(S(C)(=O)=O)cc2)C(=O)N(c2cccc(C(F)(F)F)c2)C1C. The number of methoxy groups -OCH3 is 1. The topological polar surface area (TPSA) is 122 Å². The van der Waals surface area contributed by atoms with E-state index >= 15 is 0 Å². The number of nitrogens with zero attached hydrogens (tertiary/aromatic N) is 1. The summed E-state index contributed by atoms with van der Waals surface area (Å²) in [5.74, 6) is -2.56. The Hall–Kier alpha value is -3.71. The third-order valence-corrected chi connectivity index (χ3v) is 7.36. The van der Waals surface area contributed by atoms with Gasteiger partial charge in [0.1, 0.15) is 5.57 Å². The maximum absolute atomic E-state index is 13.5. The van der Waals surface area contributed by atoms with E-state index in [1.165, 1.54) is 51.4 Å². The van der Waals surface area contributed by atoms with E-state index in [0.717, 1.165) is 35.4 Å². The fourth-order valence-electron chi connectivity index (χ4n) is 4.13. The number of halogens is 3. The predicted octanol–water partition coefficient (Wildman–Crippen LogP) is 2.22. The van der Waals surface area contributed by atoms with Crippen molar-refractivity contribution < 1.29 is 40.7 Å². The van der Waals surface area contributed by atoms with Crippen LogP contribution in [0, 0.1) is 0 Å². The molecule has 0 aliphatic carbocycles. The molecule has 13 heteroatoms. The summed E-state index contributed by atoms with van der Waals surface area (Å²) in [5.41, 5.74) is -3.10. The van der Waals surface area contributed by atoms with Gasteiger partial charge in [-0.3, -0.25) is 14.4 Å². The van der Waals surface area contributed by atoms with Crippen LogP contribution in [0.5, 0.6) is 0 Å². The molecule has 0 bridgehead atoms. The van der Waals surface area contributed by atoms with Gasteiger partial charge in [0, 0.05) is 32.6 Å². The van der Waals surface area contributed by atoms with Crippen LogP contribution in [-0.2, 0) is 41.7 Å². The van der Waals surface area contributed by atoms with Gasteiger partial charge in [0.15, 0.2) is 15.4 Å². The number of nitrogens with one attached hydrogen (secondary N) is 2. The van der Waals surface area contributed by atoms with Crippen molar-refractivity contribution in [2.75, 3.05) is 25.3 Å². The molecular formula is C25H26F3N3O6S. The third kappa shape index (κ3) is 5.58. The first-order valence-corrected chi connectivity index (χ1v) is 13.1. The summed E-state index contributed by atoms with van der Waals surface area (Å²) in [6.45, 7) is 1.32. The average Bonchev–Trinajstić information content (AvgIpc) is 2.87. The van der Waals surface area contributed by atoms with Gasteiger partial charge in [0.25, 0.3) is 17.7 Å². The Morgan fingerprint density at radius 1 is 1.13 bits per heavy atom. The van der Waals surface area contributed by atoms with E-state index in [-0.39, 0.29) is 17.1 Å². The molecule has 2 unspecified atom stereocenters. The second kappa shape index (κ2) is 10.6. The highest BCUT2D eigenvalue weighted by atomic mass is 32.2. The summed E-state index contributed by atoms with van der Waals surface area (Å²) in [7, 11) is -0.925. The van der Waals surface area contributed by atoms with Crippen LogP contribution in [-0.4, -0.2) is 58.2 Å². The first kappa shape index (κ1) is 28.9. The number of carbonyl (C=O) groups is 3. The van der Waals surface area contributed by atoms with Crippen molar-refractivity contribution in [2.24, 2.45) is 0 Å². The van der Waals surface area contributed by atoms with E-state index in [9.17, 15) is 36.0 Å². The molecule has 9 nitrogen and oxygen atoms in total. The Kier molecular flexibility index (Phi) is 8.03. The van der Waals surface area contributed by atoms with E-state index in [1.54, 1.807) is 0 Å². The Morgan fingerprint density at radius 3 is 2.29 bits per heavy atom. The number of sulfone groups is 1. The summed E-state index contributed by atoms with van der Waals surface area (Å²) in [5, 5.41) is 4.93. The second-order valence-electron chi connectivity index (χ2n) is 8.63. The Balaban J connectivity index is 2.01. The van der Waals surface area contributed by atoms with Crippen molar-refractivity contribution >= 4 is 33.2 Å². The number of likely N-dealkylation sites (N-methyl/N-ethyl adjacent to an activating group) is 1. The molecule has 3 amide bonds. The molecule has 1 aliphatic heterocycles. The number of carbonyl (C=O) groups excluding carboxylic acids is 3. The van der Waals surface area contributed by atoms with Crippen molar-refractivity contribution in [3.63, 3.8) is 0 Å². The first-order chi connectivity index (χ1) is 17.7. The normalized spacial score (nSPS) is 20.1. The van der Waals surface area contributed by atoms with Crippen LogP contribution in [0.15, 0.2) is 65.1 Å². The minimum absolute atomic E-state index is 0.0823. The van der Waals surface area contributed by atoms with Crippen LogP contribution in [0.25, 0.3) is 0 Å². The molecule has 0 fully saturated rings. The fraction of sp³-hybridized carbons (Fsp3) is 0.320. The van der Waals surface area contributed by atoms with Crippen molar-refractivity contribution in [3.8, 4) is 0 Å². The lowest BCUT2D eigenvalue weighted by atomic mass is 9.85. The quantitative estimate of drug-likeness (QED) is 0.508. The molecule has 2 aromatic rings. The summed E-state index contributed by atoms with van der Waals surface area (Å²) in [6, 6.07) is 8.52. The van der Waals surface area contributed by atoms with Crippen LogP contribution >= 0.6 is 0 Å². The number of rotatable bonds is 7. The molecule has 0 aromatic heterocycles. The number of hydrogen-bond donors (Lipinski definition) is 2. The highest BCUT2D eigenvalue weighted by Gasteiger charge is 2.52. The predicted molar refractivity (Wildman–Crippen MR) is 132 cm³/mol. The molecule has 1 aliphatic rings. The number of alkyl halides is 3. The van der Waals surface area contributed by atoms with E-state index in [4.69, 9.17) is 4.74 Å². The van der Waals surface area contributed by atoms with Gasteiger partial charge in [-0.2, -0.15) is 13.2 Å². The summed E-state index contributed by atoms with van der Waals surface area (Å²) < 4.78 is 68.9. The molecular weight excluding hydrogens is 527 g/mol. The molecule has 0 radical (unpaired) electrons. The van der Waals surface area contributed by atoms with Crippen LogP contribution in [0.1, 0.15) is 18.1 Å². The first-order valence-electron chi connectivity index (χ1n) is 11.2. The lowest BCUT2D eigenvalue weighted by Crippen LogP contribution is -2.64. The summed E-state index contributed by atoms with van der Waals surface area (Å²) >= 11 is 0. The number of benzene rings is 2. The van der Waals surface area contributed by atoms with Gasteiger partial charge in [0.2, 0.25) is 0 Å². The minimum Gasteiger partial charge on any atom is -0.362 e. The van der Waals surface area contributed by atoms with E-state index < -0.39 is 56.5 Å². The van der Waals surface area contributed by atoms with Gasteiger partial charge < -0.3 is 20.3 Å². The highest BCUT2D eigenvalue weighted by molar-refractivity contribution is 7.90. The number of amides is 3. The molecule has 0 saturated carbocycles. The van der Waals surface area contributed by atoms with Crippen LogP contribution in [0.2, 0.25) is 0 Å². The van der Waals surface area contributed by atoms with Crippen molar-refractivity contribution in [2.45, 2.75) is 36.2 Å². The van der Waals surface area contributed by atoms with E-state index in [2.05, 4.69) is 10.6 Å². The number of anilines is 1. The zero-order valence-corrected chi connectivity index (χ0v) is 21.7. The average molecular weight is 554 g/mol. The minimum atomic E-state index is -4.69. The second-order valence-corrected chi connectivity index (χ2v) is 10.6. The number of hydrogen-bond acceptors (Lipinski definition) is 6. The standard InChI is InChI=1S/C25H26F3N3O6S/c1-15-24(37-3,23(34)29-2)13-20(21(32)30-14-16-8-10-19(11-9-16)38(4,35)36)22(33)31(15)18-7-5-6-17(12-18)25(26,27)28/h5-13,15H,14H2,1-4H3,(H,29,34)(H,30,32). The van der Waals surface area contributed by atoms with E-state index in [0.29, 0.717) is 5.56 Å². The summed E-state index contributed by atoms with van der Waals surface area (Å²) in [6.07, 6.45) is -2.58. The van der Waals surface area contributed by atoms with Crippen molar-refractivity contribution in [1.82, 2.24) is 10.6 Å². The fourth-order valence-corrected chi connectivity index (χ4v) is 4.77. The van der Waals surface area contributed by atoms with Gasteiger partial charge in [-0.15, -0.1) is 0 Å². The molecule has 0 spiro atoms. The molecule has 38 heavy (non-hydrogen) atoms. The largest absolute Gasteiger partial charge is 0.416 e. The van der Waals surface area contributed by atoms with Gasteiger partial charge in [-0.25, -0.2) is 8.42 Å². The molecule has 3 rings (SSSR count). The molecule has 2 N–H and O–H groups in total. The van der Waals surface area contributed by atoms with Crippen molar-refractivity contribution in [3.05, 3.63) is 71.3 Å². The lowest BCUT2D eigenvalue weighted by molar-refractivity contribution is -0.141. The van der Waals surface area contributed by atoms with Gasteiger partial charge in [-0.05, 0) is 48.9 Å². The van der Waals surface area contributed by atoms with Crippen LogP contribution in [0.3, 0.4) is 0 Å². The Bertz CT molecular complexity index is 1390. The van der Waals surface area contributed by atoms with Crippen LogP contribution < -0.4 is 15.5 Å².